The third-order valence-corrected chi connectivity index (χ3v) is 3.58. The Balaban J connectivity index is 2.04. The minimum absolute atomic E-state index is 0.319. The van der Waals surface area contributed by atoms with Crippen molar-refractivity contribution in [2.45, 2.75) is 38.4 Å². The molecule has 100 valence electrons. The van der Waals surface area contributed by atoms with Gasteiger partial charge in [-0.1, -0.05) is 6.92 Å². The van der Waals surface area contributed by atoms with Gasteiger partial charge in [-0.05, 0) is 31.4 Å². The van der Waals surface area contributed by atoms with Crippen LogP contribution in [-0.4, -0.2) is 36.4 Å². The molecule has 4 heteroatoms. The Bertz CT molecular complexity index is 367. The Kier molecular flexibility index (Phi) is 4.55. The zero-order chi connectivity index (χ0) is 13.0. The summed E-state index contributed by atoms with van der Waals surface area (Å²) in [5.74, 6) is 0. The van der Waals surface area contributed by atoms with E-state index < -0.39 is 6.10 Å². The first-order chi connectivity index (χ1) is 8.74. The number of anilines is 1. The van der Waals surface area contributed by atoms with Crippen molar-refractivity contribution in [2.75, 3.05) is 25.1 Å². The maximum absolute atomic E-state index is 9.71. The van der Waals surface area contributed by atoms with Crippen molar-refractivity contribution >= 4 is 5.69 Å². The van der Waals surface area contributed by atoms with Crippen LogP contribution in [0.25, 0.3) is 0 Å². The molecule has 0 bridgehead atoms. The SMILES string of the molecule is CCC(O)c1ccc(N2CCCC(OC)C2)cn1. The lowest BCUT2D eigenvalue weighted by Crippen LogP contribution is -2.39. The highest BCUT2D eigenvalue weighted by atomic mass is 16.5. The van der Waals surface area contributed by atoms with Crippen LogP contribution < -0.4 is 4.90 Å². The molecule has 2 atom stereocenters. The molecule has 2 heterocycles. The maximum Gasteiger partial charge on any atom is 0.0957 e. The number of nitrogens with zero attached hydrogens (tertiary/aromatic N) is 2. The van der Waals surface area contributed by atoms with Gasteiger partial charge >= 0.3 is 0 Å². The maximum atomic E-state index is 9.71. The lowest BCUT2D eigenvalue weighted by atomic mass is 10.1. The highest BCUT2D eigenvalue weighted by Gasteiger charge is 2.20. The first-order valence-corrected chi connectivity index (χ1v) is 6.66. The molecule has 0 amide bonds. The van der Waals surface area contributed by atoms with E-state index >= 15 is 0 Å². The fraction of sp³-hybridized carbons (Fsp3) is 0.643. The summed E-state index contributed by atoms with van der Waals surface area (Å²) in [6, 6.07) is 3.96. The van der Waals surface area contributed by atoms with E-state index in [-0.39, 0.29) is 0 Å². The van der Waals surface area contributed by atoms with Gasteiger partial charge in [-0.3, -0.25) is 4.98 Å². The number of aliphatic hydroxyl groups excluding tert-OH is 1. The molecule has 2 rings (SSSR count). The van der Waals surface area contributed by atoms with Gasteiger partial charge < -0.3 is 14.7 Å². The van der Waals surface area contributed by atoms with E-state index in [1.165, 1.54) is 0 Å². The van der Waals surface area contributed by atoms with Crippen molar-refractivity contribution in [3.8, 4) is 0 Å². The summed E-state index contributed by atoms with van der Waals surface area (Å²) in [5, 5.41) is 9.71. The zero-order valence-electron chi connectivity index (χ0n) is 11.2. The van der Waals surface area contributed by atoms with E-state index in [1.807, 2.05) is 25.3 Å². The summed E-state index contributed by atoms with van der Waals surface area (Å²) >= 11 is 0. The summed E-state index contributed by atoms with van der Waals surface area (Å²) in [5.41, 5.74) is 1.87. The van der Waals surface area contributed by atoms with Gasteiger partial charge in [0.15, 0.2) is 0 Å². The van der Waals surface area contributed by atoms with Gasteiger partial charge in [0.1, 0.15) is 0 Å². The predicted octanol–water partition coefficient (Wildman–Crippen LogP) is 2.14. The fourth-order valence-corrected chi connectivity index (χ4v) is 2.36. The molecule has 0 aliphatic carbocycles. The fourth-order valence-electron chi connectivity index (χ4n) is 2.36. The molecule has 1 fully saturated rings. The van der Waals surface area contributed by atoms with Gasteiger partial charge in [0.2, 0.25) is 0 Å². The minimum Gasteiger partial charge on any atom is -0.387 e. The standard InChI is InChI=1S/C14H22N2O2/c1-3-14(17)13-7-6-11(9-15-13)16-8-4-5-12(10-16)18-2/h6-7,9,12,14,17H,3-5,8,10H2,1-2H3. The summed E-state index contributed by atoms with van der Waals surface area (Å²) in [4.78, 5) is 6.64. The number of aromatic nitrogens is 1. The van der Waals surface area contributed by atoms with Gasteiger partial charge in [-0.25, -0.2) is 0 Å². The molecular formula is C14H22N2O2. The summed E-state index contributed by atoms with van der Waals surface area (Å²) in [6.07, 6.45) is 4.70. The Morgan fingerprint density at radius 2 is 2.39 bits per heavy atom. The monoisotopic (exact) mass is 250 g/mol. The van der Waals surface area contributed by atoms with Crippen LogP contribution in [-0.2, 0) is 4.74 Å². The molecule has 0 radical (unpaired) electrons. The highest BCUT2D eigenvalue weighted by molar-refractivity contribution is 5.45. The molecule has 0 spiro atoms. The summed E-state index contributed by atoms with van der Waals surface area (Å²) in [7, 11) is 1.77. The number of ether oxygens (including phenoxy) is 1. The number of rotatable bonds is 4. The molecule has 18 heavy (non-hydrogen) atoms. The molecule has 0 aromatic carbocycles. The predicted molar refractivity (Wildman–Crippen MR) is 71.7 cm³/mol. The van der Waals surface area contributed by atoms with Crippen molar-refractivity contribution in [3.63, 3.8) is 0 Å². The van der Waals surface area contributed by atoms with Crippen molar-refractivity contribution in [1.29, 1.82) is 0 Å². The van der Waals surface area contributed by atoms with Crippen LogP contribution in [0.4, 0.5) is 5.69 Å². The van der Waals surface area contributed by atoms with Gasteiger partial charge in [0, 0.05) is 20.2 Å². The normalized spacial score (nSPS) is 21.9. The van der Waals surface area contributed by atoms with Gasteiger partial charge in [0.25, 0.3) is 0 Å². The number of methoxy groups -OCH3 is 1. The molecule has 1 N–H and O–H groups in total. The molecule has 1 aliphatic heterocycles. The third-order valence-electron chi connectivity index (χ3n) is 3.58. The Morgan fingerprint density at radius 1 is 1.56 bits per heavy atom. The molecule has 2 unspecified atom stereocenters. The zero-order valence-corrected chi connectivity index (χ0v) is 11.2. The van der Waals surface area contributed by atoms with Gasteiger partial charge in [-0.2, -0.15) is 0 Å². The Hall–Kier alpha value is -1.13. The Labute approximate surface area is 109 Å². The van der Waals surface area contributed by atoms with Crippen LogP contribution in [0.2, 0.25) is 0 Å². The topological polar surface area (TPSA) is 45.6 Å². The van der Waals surface area contributed by atoms with Crippen molar-refractivity contribution in [3.05, 3.63) is 24.0 Å². The second-order valence-corrected chi connectivity index (χ2v) is 4.81. The van der Waals surface area contributed by atoms with Crippen LogP contribution in [0.5, 0.6) is 0 Å². The first-order valence-electron chi connectivity index (χ1n) is 6.66. The van der Waals surface area contributed by atoms with E-state index in [4.69, 9.17) is 4.74 Å². The molecule has 4 nitrogen and oxygen atoms in total. The molecule has 1 aromatic rings. The molecule has 1 aliphatic rings. The first kappa shape index (κ1) is 13.3. The van der Waals surface area contributed by atoms with Crippen molar-refractivity contribution in [1.82, 2.24) is 4.98 Å². The summed E-state index contributed by atoms with van der Waals surface area (Å²) in [6.45, 7) is 3.93. The van der Waals surface area contributed by atoms with Crippen LogP contribution in [0.3, 0.4) is 0 Å². The molecule has 1 saturated heterocycles. The van der Waals surface area contributed by atoms with Crippen molar-refractivity contribution < 1.29 is 9.84 Å². The summed E-state index contributed by atoms with van der Waals surface area (Å²) < 4.78 is 5.42. The lowest BCUT2D eigenvalue weighted by Gasteiger charge is -2.33. The highest BCUT2D eigenvalue weighted by Crippen LogP contribution is 2.22. The third kappa shape index (κ3) is 3.00. The van der Waals surface area contributed by atoms with Crippen LogP contribution in [0, 0.1) is 0 Å². The average molecular weight is 250 g/mol. The largest absolute Gasteiger partial charge is 0.387 e. The van der Waals surface area contributed by atoms with Crippen LogP contribution >= 0.6 is 0 Å². The Morgan fingerprint density at radius 3 is 3.00 bits per heavy atom. The molecule has 0 saturated carbocycles. The van der Waals surface area contributed by atoms with E-state index in [1.54, 1.807) is 7.11 Å². The van der Waals surface area contributed by atoms with E-state index in [9.17, 15) is 5.11 Å². The van der Waals surface area contributed by atoms with Gasteiger partial charge in [0.05, 0.1) is 29.8 Å². The number of pyridine rings is 1. The average Bonchev–Trinajstić information content (AvgIpc) is 2.46. The smallest absolute Gasteiger partial charge is 0.0957 e. The van der Waals surface area contributed by atoms with E-state index in [2.05, 4.69) is 9.88 Å². The van der Waals surface area contributed by atoms with E-state index in [0.29, 0.717) is 12.5 Å². The minimum atomic E-state index is -0.452. The number of hydrogen-bond donors (Lipinski definition) is 1. The van der Waals surface area contributed by atoms with Crippen LogP contribution in [0.15, 0.2) is 18.3 Å². The lowest BCUT2D eigenvalue weighted by molar-refractivity contribution is 0.0893. The van der Waals surface area contributed by atoms with Gasteiger partial charge in [-0.15, -0.1) is 0 Å². The van der Waals surface area contributed by atoms with Crippen molar-refractivity contribution in [2.24, 2.45) is 0 Å². The van der Waals surface area contributed by atoms with E-state index in [0.717, 1.165) is 37.3 Å². The number of aliphatic hydroxyl groups is 1. The number of hydrogen-bond acceptors (Lipinski definition) is 4. The second-order valence-electron chi connectivity index (χ2n) is 4.81. The second kappa shape index (κ2) is 6.16. The molecule has 1 aromatic heterocycles. The number of piperidine rings is 1. The van der Waals surface area contributed by atoms with Crippen LogP contribution in [0.1, 0.15) is 38.0 Å². The molecular weight excluding hydrogens is 228 g/mol. The quantitative estimate of drug-likeness (QED) is 0.889.